The molecule has 0 heterocycles. The average Bonchev–Trinajstić information content (AvgIpc) is 2.31. The van der Waals surface area contributed by atoms with Crippen LogP contribution in [0.5, 0.6) is 0 Å². The summed E-state index contributed by atoms with van der Waals surface area (Å²) in [5.41, 5.74) is 2.94. The molecule has 1 aromatic carbocycles. The van der Waals surface area contributed by atoms with E-state index in [0.29, 0.717) is 6.04 Å². The van der Waals surface area contributed by atoms with Crippen molar-refractivity contribution >= 4 is 6.08 Å². The zero-order valence-electron chi connectivity index (χ0n) is 10.3. The van der Waals surface area contributed by atoms with Crippen LogP contribution >= 0.6 is 0 Å². The standard InChI is InChI=1S/C15H21N/c1-16(2)15-11-7-6-10-14(15)12-13-8-4-3-5-9-13/h3-5,8-9,12,15H,6-7,10-11H2,1-2H3/b14-12-. The molecule has 16 heavy (non-hydrogen) atoms. The number of rotatable bonds is 2. The Labute approximate surface area is 98.8 Å². The second kappa shape index (κ2) is 5.31. The number of likely N-dealkylation sites (N-methyl/N-ethyl adjacent to an activating group) is 1. The van der Waals surface area contributed by atoms with Gasteiger partial charge >= 0.3 is 0 Å². The molecule has 1 saturated carbocycles. The molecule has 0 radical (unpaired) electrons. The van der Waals surface area contributed by atoms with E-state index in [1.54, 1.807) is 5.57 Å². The van der Waals surface area contributed by atoms with E-state index in [1.807, 2.05) is 0 Å². The molecule has 1 atom stereocenters. The lowest BCUT2D eigenvalue weighted by Crippen LogP contribution is -2.31. The van der Waals surface area contributed by atoms with Crippen molar-refractivity contribution in [1.82, 2.24) is 4.90 Å². The highest BCUT2D eigenvalue weighted by Gasteiger charge is 2.20. The van der Waals surface area contributed by atoms with E-state index in [4.69, 9.17) is 0 Å². The fourth-order valence-corrected chi connectivity index (χ4v) is 2.54. The zero-order chi connectivity index (χ0) is 11.4. The fourth-order valence-electron chi connectivity index (χ4n) is 2.54. The number of hydrogen-bond acceptors (Lipinski definition) is 1. The Kier molecular flexibility index (Phi) is 3.79. The molecule has 1 aromatic rings. The van der Waals surface area contributed by atoms with Crippen LogP contribution in [-0.4, -0.2) is 25.0 Å². The van der Waals surface area contributed by atoms with Gasteiger partial charge in [-0.3, -0.25) is 0 Å². The molecule has 1 aliphatic rings. The van der Waals surface area contributed by atoms with E-state index < -0.39 is 0 Å². The molecule has 0 saturated heterocycles. The van der Waals surface area contributed by atoms with Crippen molar-refractivity contribution in [3.8, 4) is 0 Å². The van der Waals surface area contributed by atoms with Crippen molar-refractivity contribution < 1.29 is 0 Å². The van der Waals surface area contributed by atoms with Gasteiger partial charge in [0, 0.05) is 6.04 Å². The molecule has 0 spiro atoms. The molecule has 0 amide bonds. The highest BCUT2D eigenvalue weighted by molar-refractivity contribution is 5.54. The summed E-state index contributed by atoms with van der Waals surface area (Å²) in [6.45, 7) is 0. The highest BCUT2D eigenvalue weighted by atomic mass is 15.1. The first kappa shape index (κ1) is 11.4. The maximum atomic E-state index is 2.38. The van der Waals surface area contributed by atoms with Gasteiger partial charge in [-0.15, -0.1) is 0 Å². The Hall–Kier alpha value is -1.08. The smallest absolute Gasteiger partial charge is 0.0304 e. The van der Waals surface area contributed by atoms with Crippen LogP contribution in [0.3, 0.4) is 0 Å². The lowest BCUT2D eigenvalue weighted by molar-refractivity contribution is 0.285. The van der Waals surface area contributed by atoms with Crippen molar-refractivity contribution in [3.05, 3.63) is 41.5 Å². The Balaban J connectivity index is 2.20. The molecular weight excluding hydrogens is 194 g/mol. The monoisotopic (exact) mass is 215 g/mol. The van der Waals surface area contributed by atoms with Gasteiger partial charge in [-0.25, -0.2) is 0 Å². The van der Waals surface area contributed by atoms with E-state index >= 15 is 0 Å². The third-order valence-electron chi connectivity index (χ3n) is 3.40. The summed E-state index contributed by atoms with van der Waals surface area (Å²) in [4.78, 5) is 2.36. The first-order valence-electron chi connectivity index (χ1n) is 6.19. The van der Waals surface area contributed by atoms with Gasteiger partial charge in [-0.2, -0.15) is 0 Å². The van der Waals surface area contributed by atoms with E-state index in [1.165, 1.54) is 31.2 Å². The summed E-state index contributed by atoms with van der Waals surface area (Å²) in [7, 11) is 4.38. The molecule has 86 valence electrons. The summed E-state index contributed by atoms with van der Waals surface area (Å²) in [5.74, 6) is 0. The normalized spacial score (nSPS) is 23.9. The molecule has 0 aliphatic heterocycles. The third-order valence-corrected chi connectivity index (χ3v) is 3.40. The molecule has 1 nitrogen and oxygen atoms in total. The Morgan fingerprint density at radius 1 is 1.12 bits per heavy atom. The lowest BCUT2D eigenvalue weighted by atomic mass is 9.88. The minimum atomic E-state index is 0.647. The summed E-state index contributed by atoms with van der Waals surface area (Å²) in [5, 5.41) is 0. The molecule has 1 unspecified atom stereocenters. The van der Waals surface area contributed by atoms with Gasteiger partial charge in [0.1, 0.15) is 0 Å². The predicted molar refractivity (Wildman–Crippen MR) is 70.4 cm³/mol. The van der Waals surface area contributed by atoms with Crippen LogP contribution in [0.2, 0.25) is 0 Å². The van der Waals surface area contributed by atoms with Gasteiger partial charge in [0.25, 0.3) is 0 Å². The minimum absolute atomic E-state index is 0.647. The topological polar surface area (TPSA) is 3.24 Å². The summed E-state index contributed by atoms with van der Waals surface area (Å²) in [6.07, 6.45) is 7.67. The second-order valence-electron chi connectivity index (χ2n) is 4.86. The van der Waals surface area contributed by atoms with Crippen LogP contribution in [0.4, 0.5) is 0 Å². The van der Waals surface area contributed by atoms with Crippen molar-refractivity contribution in [2.45, 2.75) is 31.7 Å². The lowest BCUT2D eigenvalue weighted by Gasteiger charge is -2.31. The first-order chi connectivity index (χ1) is 7.77. The minimum Gasteiger partial charge on any atom is -0.303 e. The quantitative estimate of drug-likeness (QED) is 0.729. The van der Waals surface area contributed by atoms with Gasteiger partial charge in [-0.05, 0) is 38.9 Å². The molecule has 2 rings (SSSR count). The van der Waals surface area contributed by atoms with Crippen molar-refractivity contribution in [2.24, 2.45) is 0 Å². The van der Waals surface area contributed by atoms with Crippen molar-refractivity contribution in [1.29, 1.82) is 0 Å². The van der Waals surface area contributed by atoms with Gasteiger partial charge in [0.15, 0.2) is 0 Å². The van der Waals surface area contributed by atoms with Crippen LogP contribution in [0.15, 0.2) is 35.9 Å². The Morgan fingerprint density at radius 2 is 1.88 bits per heavy atom. The summed E-state index contributed by atoms with van der Waals surface area (Å²) < 4.78 is 0. The molecular formula is C15H21N. The SMILES string of the molecule is CN(C)C1CCCC/C1=C/c1ccccc1. The Morgan fingerprint density at radius 3 is 2.56 bits per heavy atom. The van der Waals surface area contributed by atoms with Crippen molar-refractivity contribution in [3.63, 3.8) is 0 Å². The summed E-state index contributed by atoms with van der Waals surface area (Å²) >= 11 is 0. The van der Waals surface area contributed by atoms with E-state index in [0.717, 1.165) is 0 Å². The van der Waals surface area contributed by atoms with Crippen molar-refractivity contribution in [2.75, 3.05) is 14.1 Å². The van der Waals surface area contributed by atoms with Crippen LogP contribution in [0.25, 0.3) is 6.08 Å². The van der Waals surface area contributed by atoms with Gasteiger partial charge in [-0.1, -0.05) is 48.4 Å². The molecule has 0 bridgehead atoms. The number of hydrogen-bond donors (Lipinski definition) is 0. The van der Waals surface area contributed by atoms with E-state index in [-0.39, 0.29) is 0 Å². The van der Waals surface area contributed by atoms with Gasteiger partial charge < -0.3 is 4.90 Å². The molecule has 0 N–H and O–H groups in total. The first-order valence-corrected chi connectivity index (χ1v) is 6.19. The largest absolute Gasteiger partial charge is 0.303 e. The van der Waals surface area contributed by atoms with Crippen LogP contribution in [-0.2, 0) is 0 Å². The number of benzene rings is 1. The maximum absolute atomic E-state index is 2.38. The molecule has 1 aliphatic carbocycles. The average molecular weight is 215 g/mol. The fraction of sp³-hybridized carbons (Fsp3) is 0.467. The van der Waals surface area contributed by atoms with Crippen LogP contribution in [0, 0.1) is 0 Å². The second-order valence-corrected chi connectivity index (χ2v) is 4.86. The van der Waals surface area contributed by atoms with Crippen LogP contribution in [0.1, 0.15) is 31.2 Å². The number of nitrogens with zero attached hydrogens (tertiary/aromatic N) is 1. The maximum Gasteiger partial charge on any atom is 0.0304 e. The van der Waals surface area contributed by atoms with Crippen LogP contribution < -0.4 is 0 Å². The highest BCUT2D eigenvalue weighted by Crippen LogP contribution is 2.28. The third kappa shape index (κ3) is 2.73. The Bertz CT molecular complexity index is 351. The predicted octanol–water partition coefficient (Wildman–Crippen LogP) is 3.57. The van der Waals surface area contributed by atoms with Gasteiger partial charge in [0.2, 0.25) is 0 Å². The molecule has 1 fully saturated rings. The van der Waals surface area contributed by atoms with E-state index in [2.05, 4.69) is 55.4 Å². The summed E-state index contributed by atoms with van der Waals surface area (Å²) in [6, 6.07) is 11.3. The molecule has 0 aromatic heterocycles. The van der Waals surface area contributed by atoms with E-state index in [9.17, 15) is 0 Å². The zero-order valence-corrected chi connectivity index (χ0v) is 10.3. The molecule has 1 heteroatoms. The van der Waals surface area contributed by atoms with Gasteiger partial charge in [0.05, 0.1) is 0 Å².